The molecule has 1 unspecified atom stereocenters. The van der Waals surface area contributed by atoms with Gasteiger partial charge in [-0.2, -0.15) is 0 Å². The Labute approximate surface area is 174 Å². The van der Waals surface area contributed by atoms with E-state index in [-0.39, 0.29) is 22.9 Å². The van der Waals surface area contributed by atoms with Crippen molar-refractivity contribution in [3.8, 4) is 17.0 Å². The van der Waals surface area contributed by atoms with E-state index in [4.69, 9.17) is 10.2 Å². The first kappa shape index (κ1) is 22.5. The molecular formula is C20H20F4N4O3. The average Bonchev–Trinajstić information content (AvgIpc) is 3.40. The van der Waals surface area contributed by atoms with Gasteiger partial charge in [0.2, 0.25) is 5.78 Å². The van der Waals surface area contributed by atoms with Gasteiger partial charge in [-0.15, -0.1) is 13.2 Å². The Kier molecular flexibility index (Phi) is 7.06. The summed E-state index contributed by atoms with van der Waals surface area (Å²) in [6, 6.07) is 2.24. The Bertz CT molecular complexity index is 1000. The monoisotopic (exact) mass is 440 g/mol. The molecule has 0 radical (unpaired) electrons. The number of aromatic amines is 1. The van der Waals surface area contributed by atoms with E-state index in [0.717, 1.165) is 31.0 Å². The van der Waals surface area contributed by atoms with Crippen molar-refractivity contribution >= 4 is 5.78 Å². The summed E-state index contributed by atoms with van der Waals surface area (Å²) < 4.78 is 60.1. The molecule has 1 aromatic carbocycles. The van der Waals surface area contributed by atoms with E-state index in [1.165, 1.54) is 18.7 Å². The molecule has 11 heteroatoms. The number of alkyl halides is 3. The zero-order valence-corrected chi connectivity index (χ0v) is 16.3. The van der Waals surface area contributed by atoms with Crippen LogP contribution in [0.15, 0.2) is 41.3 Å². The number of Topliss-reactive ketones (excluding diaryl/α,β-unsaturated/α-hetero) is 1. The van der Waals surface area contributed by atoms with Crippen LogP contribution >= 0.6 is 0 Å². The number of carbonyl (C=O) groups is 1. The normalized spacial score (nSPS) is 12.7. The Morgan fingerprint density at radius 3 is 2.74 bits per heavy atom. The fourth-order valence-electron chi connectivity index (χ4n) is 3.00. The Balaban J connectivity index is 1.52. The number of hydrogen-bond donors (Lipinski definition) is 2. The van der Waals surface area contributed by atoms with Crippen LogP contribution in [0.4, 0.5) is 17.6 Å². The van der Waals surface area contributed by atoms with Gasteiger partial charge in [0.1, 0.15) is 23.7 Å². The van der Waals surface area contributed by atoms with E-state index >= 15 is 0 Å². The summed E-state index contributed by atoms with van der Waals surface area (Å²) in [5.74, 6) is -0.953. The molecule has 2 aromatic heterocycles. The van der Waals surface area contributed by atoms with Crippen LogP contribution in [0.5, 0.6) is 5.75 Å². The quantitative estimate of drug-likeness (QED) is 0.263. The van der Waals surface area contributed by atoms with E-state index in [1.807, 2.05) is 0 Å². The first-order valence-corrected chi connectivity index (χ1v) is 9.52. The number of halogens is 4. The number of rotatable bonds is 10. The highest BCUT2D eigenvalue weighted by molar-refractivity contribution is 5.91. The van der Waals surface area contributed by atoms with Crippen LogP contribution < -0.4 is 10.5 Å². The number of aromatic nitrogens is 3. The summed E-state index contributed by atoms with van der Waals surface area (Å²) >= 11 is 0. The third kappa shape index (κ3) is 6.38. The fourth-order valence-corrected chi connectivity index (χ4v) is 3.00. The number of H-pyrrole nitrogens is 1. The van der Waals surface area contributed by atoms with Gasteiger partial charge in [-0.05, 0) is 31.0 Å². The third-order valence-corrected chi connectivity index (χ3v) is 4.50. The summed E-state index contributed by atoms with van der Waals surface area (Å²) in [5.41, 5.74) is 6.18. The summed E-state index contributed by atoms with van der Waals surface area (Å²) in [6.45, 7) is 0. The predicted octanol–water partition coefficient (Wildman–Crippen LogP) is 4.94. The Morgan fingerprint density at radius 2 is 2.03 bits per heavy atom. The van der Waals surface area contributed by atoms with Crippen molar-refractivity contribution in [1.29, 1.82) is 0 Å². The highest BCUT2D eigenvalue weighted by atomic mass is 19.4. The number of hydrogen-bond acceptors (Lipinski definition) is 6. The van der Waals surface area contributed by atoms with Gasteiger partial charge in [-0.1, -0.05) is 12.8 Å². The first-order valence-electron chi connectivity index (χ1n) is 9.52. The third-order valence-electron chi connectivity index (χ3n) is 4.50. The summed E-state index contributed by atoms with van der Waals surface area (Å²) in [5, 5.41) is 0. The van der Waals surface area contributed by atoms with Crippen molar-refractivity contribution in [1.82, 2.24) is 15.0 Å². The SMILES string of the molecule is NC(CCCCCC(=O)c1ncco1)c1ncc(-c2cc(OC(F)(F)F)ccc2F)[nH]1. The minimum absolute atomic E-state index is 0.0942. The predicted molar refractivity (Wildman–Crippen MR) is 102 cm³/mol. The summed E-state index contributed by atoms with van der Waals surface area (Å²) in [6.07, 6.45) is 2.17. The van der Waals surface area contributed by atoms with E-state index in [1.54, 1.807) is 0 Å². The maximum absolute atomic E-state index is 14.1. The second kappa shape index (κ2) is 9.73. The van der Waals surface area contributed by atoms with E-state index < -0.39 is 24.0 Å². The molecule has 166 valence electrons. The molecule has 0 fully saturated rings. The van der Waals surface area contributed by atoms with E-state index in [9.17, 15) is 22.4 Å². The lowest BCUT2D eigenvalue weighted by molar-refractivity contribution is -0.274. The second-order valence-electron chi connectivity index (χ2n) is 6.84. The average molecular weight is 440 g/mol. The van der Waals surface area contributed by atoms with Gasteiger partial charge >= 0.3 is 6.36 Å². The minimum Gasteiger partial charge on any atom is -0.442 e. The number of nitrogens with zero attached hydrogens (tertiary/aromatic N) is 2. The molecule has 2 heterocycles. The lowest BCUT2D eigenvalue weighted by atomic mass is 10.1. The lowest BCUT2D eigenvalue weighted by Gasteiger charge is -2.10. The Hall–Kier alpha value is -3.21. The number of imidazole rings is 1. The highest BCUT2D eigenvalue weighted by Gasteiger charge is 2.31. The van der Waals surface area contributed by atoms with Gasteiger partial charge < -0.3 is 19.9 Å². The second-order valence-corrected chi connectivity index (χ2v) is 6.84. The van der Waals surface area contributed by atoms with Crippen LogP contribution in [-0.4, -0.2) is 27.1 Å². The molecule has 7 nitrogen and oxygen atoms in total. The number of benzene rings is 1. The minimum atomic E-state index is -4.88. The smallest absolute Gasteiger partial charge is 0.442 e. The number of carbonyl (C=O) groups excluding carboxylic acids is 1. The van der Waals surface area contributed by atoms with Gasteiger partial charge in [-0.25, -0.2) is 14.4 Å². The van der Waals surface area contributed by atoms with Gasteiger partial charge in [-0.3, -0.25) is 4.79 Å². The van der Waals surface area contributed by atoms with E-state index in [0.29, 0.717) is 25.1 Å². The van der Waals surface area contributed by atoms with Crippen LogP contribution in [0.25, 0.3) is 11.3 Å². The van der Waals surface area contributed by atoms with Crippen molar-refractivity contribution < 1.29 is 31.5 Å². The molecule has 1 atom stereocenters. The van der Waals surface area contributed by atoms with Crippen LogP contribution in [0.1, 0.15) is 54.7 Å². The molecule has 0 bridgehead atoms. The van der Waals surface area contributed by atoms with Gasteiger partial charge in [0, 0.05) is 12.0 Å². The molecular weight excluding hydrogens is 420 g/mol. The number of nitrogens with two attached hydrogens (primary N) is 1. The number of ketones is 1. The zero-order chi connectivity index (χ0) is 22.4. The topological polar surface area (TPSA) is 107 Å². The lowest BCUT2D eigenvalue weighted by Crippen LogP contribution is -2.17. The maximum atomic E-state index is 14.1. The molecule has 31 heavy (non-hydrogen) atoms. The molecule has 0 aliphatic rings. The maximum Gasteiger partial charge on any atom is 0.573 e. The molecule has 0 aliphatic heterocycles. The fraction of sp³-hybridized carbons (Fsp3) is 0.350. The zero-order valence-electron chi connectivity index (χ0n) is 16.3. The van der Waals surface area contributed by atoms with Gasteiger partial charge in [0.25, 0.3) is 5.89 Å². The van der Waals surface area contributed by atoms with Crippen LogP contribution in [-0.2, 0) is 0 Å². The largest absolute Gasteiger partial charge is 0.573 e. The van der Waals surface area contributed by atoms with Crippen molar-refractivity contribution in [2.45, 2.75) is 44.5 Å². The Morgan fingerprint density at radius 1 is 1.23 bits per heavy atom. The first-order chi connectivity index (χ1) is 14.7. The molecule has 0 saturated heterocycles. The van der Waals surface area contributed by atoms with Gasteiger partial charge in [0.15, 0.2) is 0 Å². The van der Waals surface area contributed by atoms with Crippen LogP contribution in [0.2, 0.25) is 0 Å². The number of ether oxygens (including phenoxy) is 1. The van der Waals surface area contributed by atoms with Gasteiger partial charge in [0.05, 0.1) is 24.1 Å². The standard InChI is InChI=1S/C20H20F4N4O3/c21-14-7-6-12(31-20(22,23)24)10-13(14)16-11-27-18(28-16)15(25)4-2-1-3-5-17(29)19-26-8-9-30-19/h6-11,15H,1-5,25H2,(H,27,28). The number of unbranched alkanes of at least 4 members (excludes halogenated alkanes) is 2. The molecule has 0 spiro atoms. The summed E-state index contributed by atoms with van der Waals surface area (Å²) in [4.78, 5) is 22.6. The van der Waals surface area contributed by atoms with Crippen LogP contribution in [0, 0.1) is 5.82 Å². The molecule has 0 amide bonds. The van der Waals surface area contributed by atoms with Crippen molar-refractivity contribution in [3.05, 3.63) is 54.4 Å². The van der Waals surface area contributed by atoms with Crippen molar-refractivity contribution in [2.24, 2.45) is 5.73 Å². The highest BCUT2D eigenvalue weighted by Crippen LogP contribution is 2.30. The number of nitrogens with one attached hydrogen (secondary N) is 1. The molecule has 0 saturated carbocycles. The molecule has 3 rings (SSSR count). The molecule has 3 N–H and O–H groups in total. The van der Waals surface area contributed by atoms with E-state index in [2.05, 4.69) is 19.7 Å². The van der Waals surface area contributed by atoms with Crippen molar-refractivity contribution in [3.63, 3.8) is 0 Å². The van der Waals surface area contributed by atoms with Crippen LogP contribution in [0.3, 0.4) is 0 Å². The molecule has 0 aliphatic carbocycles. The van der Waals surface area contributed by atoms with Crippen molar-refractivity contribution in [2.75, 3.05) is 0 Å². The number of oxazole rings is 1. The molecule has 3 aromatic rings. The summed E-state index contributed by atoms with van der Waals surface area (Å²) in [7, 11) is 0.